The number of aromatic nitrogens is 4. The quantitative estimate of drug-likeness (QED) is 0.340. The van der Waals surface area contributed by atoms with Crippen LogP contribution >= 0.6 is 7.60 Å². The largest absolute Gasteiger partial charge is 1.00 e. The molecule has 0 aromatic carbocycles. The number of aliphatic hydroxyl groups is 1. The number of nitrogens with two attached hydrogens (primary N) is 1. The van der Waals surface area contributed by atoms with Gasteiger partial charge < -0.3 is 35.1 Å². The number of fused-ring (bicyclic) bond motifs is 1. The van der Waals surface area contributed by atoms with E-state index in [1.165, 1.54) is 12.7 Å². The molecule has 1 atom stereocenters. The smallest absolute Gasteiger partial charge is 0.810 e. The van der Waals surface area contributed by atoms with Crippen LogP contribution in [-0.2, 0) is 11.1 Å². The summed E-state index contributed by atoms with van der Waals surface area (Å²) in [4.78, 5) is 32.7. The van der Waals surface area contributed by atoms with Gasteiger partial charge in [0.2, 0.25) is 0 Å². The van der Waals surface area contributed by atoms with Crippen molar-refractivity contribution in [3.8, 4) is 0 Å². The Labute approximate surface area is 170 Å². The van der Waals surface area contributed by atoms with Gasteiger partial charge in [0, 0.05) is 12.8 Å². The molecule has 2 aromatic rings. The van der Waals surface area contributed by atoms with Gasteiger partial charge in [0.05, 0.1) is 19.0 Å². The maximum atomic E-state index is 10.4. The third-order valence-electron chi connectivity index (χ3n) is 2.52. The molecule has 13 heteroatoms. The molecular formula is C9H13N6Na2O4P. The number of hydrogen-bond donors (Lipinski definition) is 3. The maximum Gasteiger partial charge on any atom is 1.00 e. The molecule has 2 heterocycles. The Morgan fingerprint density at radius 2 is 2.05 bits per heavy atom. The molecule has 0 bridgehead atoms. The summed E-state index contributed by atoms with van der Waals surface area (Å²) in [6, 6.07) is 0. The van der Waals surface area contributed by atoms with E-state index in [9.17, 15) is 19.5 Å². The predicted octanol–water partition coefficient (Wildman–Crippen LogP) is -8.76. The summed E-state index contributed by atoms with van der Waals surface area (Å²) in [6.45, 7) is 0.0800. The van der Waals surface area contributed by atoms with Gasteiger partial charge in [-0.3, -0.25) is 0 Å². The van der Waals surface area contributed by atoms with Crippen LogP contribution in [0.2, 0.25) is 0 Å². The summed E-state index contributed by atoms with van der Waals surface area (Å²) in [7, 11) is -4.62. The number of rotatable bonds is 6. The number of anilines is 1. The fraction of sp³-hybridized carbons (Fsp3) is 0.444. The van der Waals surface area contributed by atoms with Crippen LogP contribution in [0.3, 0.4) is 0 Å². The topological polar surface area (TPSA) is 165 Å². The van der Waals surface area contributed by atoms with Gasteiger partial charge in [-0.1, -0.05) is 7.60 Å². The molecule has 4 N–H and O–H groups in total. The maximum absolute atomic E-state index is 10.4. The molecule has 0 aliphatic rings. The number of nitrogen functional groups attached to an aromatic ring is 1. The molecule has 1 unspecified atom stereocenters. The second-order valence-corrected chi connectivity index (χ2v) is 5.74. The number of nitrogens with one attached hydrogen (secondary N) is 1. The van der Waals surface area contributed by atoms with E-state index in [2.05, 4.69) is 20.3 Å². The fourth-order valence-corrected chi connectivity index (χ4v) is 2.10. The molecule has 0 amide bonds. The number of aliphatic hydroxyl groups excluding tert-OH is 1. The second-order valence-electron chi connectivity index (χ2n) is 4.21. The van der Waals surface area contributed by atoms with Gasteiger partial charge in [0.1, 0.15) is 11.8 Å². The molecule has 110 valence electrons. The van der Waals surface area contributed by atoms with Crippen LogP contribution in [0.5, 0.6) is 0 Å². The third-order valence-corrected chi connectivity index (χ3v) is 3.13. The van der Waals surface area contributed by atoms with Gasteiger partial charge in [-0.2, -0.15) is 0 Å². The summed E-state index contributed by atoms with van der Waals surface area (Å²) >= 11 is 0. The molecule has 0 fully saturated rings. The molecular weight excluding hydrogens is 333 g/mol. The van der Waals surface area contributed by atoms with Gasteiger partial charge in [0.25, 0.3) is 0 Å². The minimum atomic E-state index is -4.62. The van der Waals surface area contributed by atoms with Crippen molar-refractivity contribution in [1.82, 2.24) is 24.8 Å². The van der Waals surface area contributed by atoms with E-state index in [0.717, 1.165) is 0 Å². The normalized spacial score (nSPS) is 12.5. The van der Waals surface area contributed by atoms with Gasteiger partial charge in [-0.15, -0.1) is 0 Å². The molecule has 0 radical (unpaired) electrons. The minimum absolute atomic E-state index is 0. The first kappa shape index (κ1) is 22.4. The first-order valence-electron chi connectivity index (χ1n) is 5.68. The Hall–Kier alpha value is 0.420. The van der Waals surface area contributed by atoms with Crippen molar-refractivity contribution in [2.75, 3.05) is 18.6 Å². The molecule has 22 heavy (non-hydrogen) atoms. The van der Waals surface area contributed by atoms with Gasteiger partial charge in [-0.25, -0.2) is 15.0 Å². The average Bonchev–Trinajstić information content (AvgIpc) is 2.72. The summed E-state index contributed by atoms with van der Waals surface area (Å²) in [6.07, 6.45) is 1.12. The van der Waals surface area contributed by atoms with E-state index < -0.39 is 20.0 Å². The number of imidazole rings is 1. The van der Waals surface area contributed by atoms with E-state index in [1.807, 2.05) is 0 Å². The first-order chi connectivity index (χ1) is 9.37. The van der Waals surface area contributed by atoms with Gasteiger partial charge in [-0.05, 0) is 0 Å². The van der Waals surface area contributed by atoms with Crippen LogP contribution < -0.4 is 80.0 Å². The Kier molecular flexibility index (Phi) is 9.84. The van der Waals surface area contributed by atoms with Crippen molar-refractivity contribution in [1.29, 1.82) is 0 Å². The Bertz CT molecular complexity index is 650. The Morgan fingerprint density at radius 1 is 1.36 bits per heavy atom. The fourth-order valence-electron chi connectivity index (χ4n) is 1.69. The van der Waals surface area contributed by atoms with Crippen molar-refractivity contribution >= 4 is 24.6 Å². The van der Waals surface area contributed by atoms with Crippen LogP contribution in [0.25, 0.3) is 11.2 Å². The molecule has 0 spiro atoms. The van der Waals surface area contributed by atoms with Crippen LogP contribution in [-0.4, -0.2) is 43.6 Å². The summed E-state index contributed by atoms with van der Waals surface area (Å²) in [5, 5.41) is 12.1. The van der Waals surface area contributed by atoms with Crippen molar-refractivity contribution in [3.05, 3.63) is 12.7 Å². The van der Waals surface area contributed by atoms with E-state index >= 15 is 0 Å². The third kappa shape index (κ3) is 6.50. The van der Waals surface area contributed by atoms with E-state index in [4.69, 9.17) is 5.73 Å². The van der Waals surface area contributed by atoms with Crippen molar-refractivity contribution in [2.24, 2.45) is 0 Å². The van der Waals surface area contributed by atoms with E-state index in [0.29, 0.717) is 11.2 Å². The van der Waals surface area contributed by atoms with Crippen LogP contribution in [0.15, 0.2) is 12.7 Å². The summed E-state index contributed by atoms with van der Waals surface area (Å²) in [5.74, 6) is 0.236. The molecule has 10 nitrogen and oxygen atoms in total. The SMILES string of the molecule is Nc1ncnc2c1ncn2CC(O)CNCP(=O)([O-])[O-].[Na+].[Na+]. The van der Waals surface area contributed by atoms with Crippen LogP contribution in [0.1, 0.15) is 0 Å². The van der Waals surface area contributed by atoms with Crippen molar-refractivity contribution < 1.29 is 78.6 Å². The molecule has 2 aromatic heterocycles. The van der Waals surface area contributed by atoms with Gasteiger partial charge in [0.15, 0.2) is 11.5 Å². The van der Waals surface area contributed by atoms with E-state index in [-0.39, 0.29) is 78.0 Å². The molecule has 2 rings (SSSR count). The van der Waals surface area contributed by atoms with Crippen molar-refractivity contribution in [2.45, 2.75) is 12.6 Å². The zero-order valence-electron chi connectivity index (χ0n) is 12.3. The van der Waals surface area contributed by atoms with Gasteiger partial charge >= 0.3 is 59.1 Å². The first-order valence-corrected chi connectivity index (χ1v) is 7.41. The van der Waals surface area contributed by atoms with Crippen LogP contribution in [0.4, 0.5) is 5.82 Å². The van der Waals surface area contributed by atoms with E-state index in [1.54, 1.807) is 4.57 Å². The zero-order chi connectivity index (χ0) is 14.8. The number of nitrogens with zero attached hydrogens (tertiary/aromatic N) is 4. The minimum Gasteiger partial charge on any atom is -0.810 e. The monoisotopic (exact) mass is 346 g/mol. The van der Waals surface area contributed by atoms with Crippen molar-refractivity contribution in [3.63, 3.8) is 0 Å². The molecule has 0 aliphatic heterocycles. The Morgan fingerprint density at radius 3 is 2.68 bits per heavy atom. The standard InChI is InChI=1S/C9H15N6O4P.2Na/c10-8-7-9(13-3-12-8)15(4-14-7)2-6(16)1-11-5-20(17,18)19;;/h3-4,6,11,16H,1-2,5H2,(H2,10,12,13)(H2,17,18,19);;/q;2*+1/p-2. The molecule has 0 saturated carbocycles. The number of hydrogen-bond acceptors (Lipinski definition) is 9. The molecule has 0 aliphatic carbocycles. The molecule has 0 saturated heterocycles. The predicted molar refractivity (Wildman–Crippen MR) is 66.2 cm³/mol. The second kappa shape index (κ2) is 9.65. The average molecular weight is 346 g/mol. The zero-order valence-corrected chi connectivity index (χ0v) is 17.2. The van der Waals surface area contributed by atoms with Crippen LogP contribution in [0, 0.1) is 0 Å². The summed E-state index contributed by atoms with van der Waals surface area (Å²) < 4.78 is 12.0. The Balaban J connectivity index is 0.00000220. The summed E-state index contributed by atoms with van der Waals surface area (Å²) in [5.41, 5.74) is 6.52.